The van der Waals surface area contributed by atoms with Crippen LogP contribution in [0.5, 0.6) is 5.75 Å². The van der Waals surface area contributed by atoms with E-state index in [0.29, 0.717) is 21.6 Å². The molecule has 6 heteroatoms. The van der Waals surface area contributed by atoms with E-state index in [4.69, 9.17) is 4.74 Å². The van der Waals surface area contributed by atoms with Gasteiger partial charge >= 0.3 is 0 Å². The molecular weight excluding hydrogens is 324 g/mol. The minimum absolute atomic E-state index is 0.0527. The molecular formula is C18H22N2O3S. The zero-order valence-electron chi connectivity index (χ0n) is 14.6. The Kier molecular flexibility index (Phi) is 5.72. The highest BCUT2D eigenvalue weighted by Crippen LogP contribution is 2.27. The maximum atomic E-state index is 12.1. The smallest absolute Gasteiger partial charge is 0.264 e. The standard InChI is InChI=1S/C18H22N2O3S/c1-10(2)14-7-6-11(3)8-15(14)23-9-16(22)20-18-19-12(4)17(24-18)13(5)21/h6-8,10H,9H2,1-5H3,(H,19,20,22). The van der Waals surface area contributed by atoms with Crippen LogP contribution in [-0.4, -0.2) is 23.3 Å². The van der Waals surface area contributed by atoms with Crippen molar-refractivity contribution in [2.45, 2.75) is 40.5 Å². The number of benzene rings is 1. The van der Waals surface area contributed by atoms with Gasteiger partial charge in [-0.05, 0) is 37.0 Å². The summed E-state index contributed by atoms with van der Waals surface area (Å²) < 4.78 is 5.70. The second-order valence-electron chi connectivity index (χ2n) is 6.02. The summed E-state index contributed by atoms with van der Waals surface area (Å²) in [4.78, 5) is 28.3. The number of ketones is 1. The zero-order chi connectivity index (χ0) is 17.9. The number of rotatable bonds is 6. The van der Waals surface area contributed by atoms with Crippen molar-refractivity contribution in [2.75, 3.05) is 11.9 Å². The molecule has 0 saturated heterocycles. The average molecular weight is 346 g/mol. The van der Waals surface area contributed by atoms with Crippen LogP contribution in [0.4, 0.5) is 5.13 Å². The molecule has 24 heavy (non-hydrogen) atoms. The van der Waals surface area contributed by atoms with Crippen molar-refractivity contribution in [2.24, 2.45) is 0 Å². The van der Waals surface area contributed by atoms with Gasteiger partial charge in [0.05, 0.1) is 10.6 Å². The van der Waals surface area contributed by atoms with Crippen LogP contribution in [0.15, 0.2) is 18.2 Å². The van der Waals surface area contributed by atoms with Crippen molar-refractivity contribution in [1.82, 2.24) is 4.98 Å². The Morgan fingerprint density at radius 1 is 1.29 bits per heavy atom. The normalized spacial score (nSPS) is 10.8. The maximum absolute atomic E-state index is 12.1. The van der Waals surface area contributed by atoms with Crippen molar-refractivity contribution < 1.29 is 14.3 Å². The Morgan fingerprint density at radius 3 is 2.58 bits per heavy atom. The molecule has 0 aliphatic rings. The minimum atomic E-state index is -0.296. The molecule has 0 aliphatic heterocycles. The van der Waals surface area contributed by atoms with E-state index in [1.54, 1.807) is 6.92 Å². The number of nitrogens with one attached hydrogen (secondary N) is 1. The predicted octanol–water partition coefficient (Wildman–Crippen LogP) is 4.10. The van der Waals surface area contributed by atoms with Crippen LogP contribution in [0, 0.1) is 13.8 Å². The van der Waals surface area contributed by atoms with E-state index >= 15 is 0 Å². The van der Waals surface area contributed by atoms with Crippen LogP contribution in [-0.2, 0) is 4.79 Å². The van der Waals surface area contributed by atoms with Gasteiger partial charge in [0.1, 0.15) is 5.75 Å². The molecule has 0 radical (unpaired) electrons. The molecule has 0 spiro atoms. The highest BCUT2D eigenvalue weighted by Gasteiger charge is 2.14. The summed E-state index contributed by atoms with van der Waals surface area (Å²) in [5.41, 5.74) is 2.78. The lowest BCUT2D eigenvalue weighted by Gasteiger charge is -2.14. The number of thiazole rings is 1. The van der Waals surface area contributed by atoms with Gasteiger partial charge in [-0.15, -0.1) is 0 Å². The quantitative estimate of drug-likeness (QED) is 0.800. The van der Waals surface area contributed by atoms with Gasteiger partial charge in [-0.3, -0.25) is 14.9 Å². The van der Waals surface area contributed by atoms with Gasteiger partial charge in [-0.25, -0.2) is 4.98 Å². The number of hydrogen-bond acceptors (Lipinski definition) is 5. The fourth-order valence-corrected chi connectivity index (χ4v) is 3.20. The number of nitrogens with zero attached hydrogens (tertiary/aromatic N) is 1. The lowest BCUT2D eigenvalue weighted by molar-refractivity contribution is -0.118. The lowest BCUT2D eigenvalue weighted by atomic mass is 10.0. The number of carbonyl (C=O) groups excluding carboxylic acids is 2. The van der Waals surface area contributed by atoms with Crippen LogP contribution in [0.2, 0.25) is 0 Å². The molecule has 128 valence electrons. The monoisotopic (exact) mass is 346 g/mol. The third kappa shape index (κ3) is 4.41. The predicted molar refractivity (Wildman–Crippen MR) is 96.2 cm³/mol. The number of amides is 1. The van der Waals surface area contributed by atoms with Gasteiger partial charge in [-0.1, -0.05) is 37.3 Å². The van der Waals surface area contributed by atoms with E-state index in [9.17, 15) is 9.59 Å². The molecule has 0 unspecified atom stereocenters. The second-order valence-corrected chi connectivity index (χ2v) is 7.02. The Balaban J connectivity index is 2.02. The zero-order valence-corrected chi connectivity index (χ0v) is 15.4. The summed E-state index contributed by atoms with van der Waals surface area (Å²) in [7, 11) is 0. The van der Waals surface area contributed by atoms with Crippen molar-refractivity contribution in [3.05, 3.63) is 39.9 Å². The molecule has 2 aromatic rings. The van der Waals surface area contributed by atoms with Crippen molar-refractivity contribution in [3.63, 3.8) is 0 Å². The van der Waals surface area contributed by atoms with Gasteiger partial charge in [0.25, 0.3) is 5.91 Å². The first kappa shape index (κ1) is 18.1. The highest BCUT2D eigenvalue weighted by atomic mass is 32.1. The number of Topliss-reactive ketones (excluding diaryl/α,β-unsaturated/α-hetero) is 1. The van der Waals surface area contributed by atoms with Gasteiger partial charge < -0.3 is 4.74 Å². The van der Waals surface area contributed by atoms with E-state index in [-0.39, 0.29) is 18.3 Å². The summed E-state index contributed by atoms with van der Waals surface area (Å²) in [5, 5.41) is 3.10. The fraction of sp³-hybridized carbons (Fsp3) is 0.389. The fourth-order valence-electron chi connectivity index (χ4n) is 2.32. The minimum Gasteiger partial charge on any atom is -0.483 e. The summed E-state index contributed by atoms with van der Waals surface area (Å²) in [6.45, 7) is 9.29. The Labute approximate surface area is 146 Å². The first-order chi connectivity index (χ1) is 11.3. The summed E-state index contributed by atoms with van der Waals surface area (Å²) in [6.07, 6.45) is 0. The van der Waals surface area contributed by atoms with Crippen molar-refractivity contribution in [1.29, 1.82) is 0 Å². The molecule has 2 rings (SSSR count). The molecule has 1 heterocycles. The van der Waals surface area contributed by atoms with Crippen LogP contribution < -0.4 is 10.1 Å². The first-order valence-corrected chi connectivity index (χ1v) is 8.61. The summed E-state index contributed by atoms with van der Waals surface area (Å²) >= 11 is 1.18. The van der Waals surface area contributed by atoms with Crippen LogP contribution in [0.1, 0.15) is 53.2 Å². The van der Waals surface area contributed by atoms with Crippen molar-refractivity contribution >= 4 is 28.2 Å². The molecule has 0 bridgehead atoms. The Hall–Kier alpha value is -2.21. The van der Waals surface area contributed by atoms with E-state index in [1.165, 1.54) is 18.3 Å². The Morgan fingerprint density at radius 2 is 2.00 bits per heavy atom. The highest BCUT2D eigenvalue weighted by molar-refractivity contribution is 7.17. The number of hydrogen-bond donors (Lipinski definition) is 1. The lowest BCUT2D eigenvalue weighted by Crippen LogP contribution is -2.20. The third-order valence-electron chi connectivity index (χ3n) is 3.51. The number of anilines is 1. The van der Waals surface area contributed by atoms with Crippen LogP contribution >= 0.6 is 11.3 Å². The van der Waals surface area contributed by atoms with Crippen LogP contribution in [0.3, 0.4) is 0 Å². The average Bonchev–Trinajstić information content (AvgIpc) is 2.85. The van der Waals surface area contributed by atoms with Gasteiger partial charge in [-0.2, -0.15) is 0 Å². The summed E-state index contributed by atoms with van der Waals surface area (Å²) in [6, 6.07) is 5.99. The molecule has 1 aromatic heterocycles. The molecule has 0 saturated carbocycles. The molecule has 1 aromatic carbocycles. The van der Waals surface area contributed by atoms with Crippen molar-refractivity contribution in [3.8, 4) is 5.75 Å². The molecule has 1 amide bonds. The number of aromatic nitrogens is 1. The maximum Gasteiger partial charge on any atom is 0.264 e. The SMILES string of the molecule is CC(=O)c1sc(NC(=O)COc2cc(C)ccc2C(C)C)nc1C. The molecule has 0 fully saturated rings. The topological polar surface area (TPSA) is 68.3 Å². The largest absolute Gasteiger partial charge is 0.483 e. The van der Waals surface area contributed by atoms with E-state index in [0.717, 1.165) is 16.9 Å². The number of carbonyl (C=O) groups is 2. The van der Waals surface area contributed by atoms with E-state index in [2.05, 4.69) is 24.1 Å². The molecule has 0 aliphatic carbocycles. The second kappa shape index (κ2) is 7.57. The summed E-state index contributed by atoms with van der Waals surface area (Å²) in [5.74, 6) is 0.682. The third-order valence-corrected chi connectivity index (χ3v) is 4.69. The van der Waals surface area contributed by atoms with Gasteiger partial charge in [0.2, 0.25) is 0 Å². The molecule has 0 atom stereocenters. The first-order valence-electron chi connectivity index (χ1n) is 7.79. The molecule has 5 nitrogen and oxygen atoms in total. The van der Waals surface area contributed by atoms with E-state index in [1.807, 2.05) is 25.1 Å². The Bertz CT molecular complexity index is 766. The van der Waals surface area contributed by atoms with Crippen LogP contribution in [0.25, 0.3) is 0 Å². The van der Waals surface area contributed by atoms with Gasteiger partial charge in [0.15, 0.2) is 17.5 Å². The number of aryl methyl sites for hydroxylation is 2. The van der Waals surface area contributed by atoms with Gasteiger partial charge in [0, 0.05) is 6.92 Å². The van der Waals surface area contributed by atoms with E-state index < -0.39 is 0 Å². The molecule has 1 N–H and O–H groups in total. The number of ether oxygens (including phenoxy) is 1.